The van der Waals surface area contributed by atoms with E-state index in [0.29, 0.717) is 31.7 Å². The van der Waals surface area contributed by atoms with E-state index in [1.807, 2.05) is 19.9 Å². The molecule has 1 aromatic carbocycles. The molecular weight excluding hydrogens is 334 g/mol. The van der Waals surface area contributed by atoms with E-state index in [-0.39, 0.29) is 17.6 Å². The van der Waals surface area contributed by atoms with Crippen molar-refractivity contribution in [3.05, 3.63) is 39.7 Å². The average molecular weight is 359 g/mol. The van der Waals surface area contributed by atoms with Crippen molar-refractivity contribution >= 4 is 16.9 Å². The topological polar surface area (TPSA) is 80.0 Å². The minimum absolute atomic E-state index is 0.120. The Kier molecular flexibility index (Phi) is 5.61. The van der Waals surface area contributed by atoms with E-state index in [1.54, 1.807) is 0 Å². The van der Waals surface area contributed by atoms with Crippen molar-refractivity contribution in [2.24, 2.45) is 5.92 Å². The van der Waals surface area contributed by atoms with E-state index in [1.165, 1.54) is 12.1 Å². The highest BCUT2D eigenvalue weighted by atomic mass is 16.5. The lowest BCUT2D eigenvalue weighted by molar-refractivity contribution is -0.150. The van der Waals surface area contributed by atoms with Crippen LogP contribution in [0.3, 0.4) is 0 Å². The Morgan fingerprint density at radius 3 is 2.85 bits per heavy atom. The lowest BCUT2D eigenvalue weighted by Gasteiger charge is -2.31. The number of ether oxygens (including phenoxy) is 1. The fourth-order valence-corrected chi connectivity index (χ4v) is 3.61. The minimum Gasteiger partial charge on any atom is -0.508 e. The van der Waals surface area contributed by atoms with Crippen LogP contribution in [-0.4, -0.2) is 35.7 Å². The maximum absolute atomic E-state index is 12.0. The number of aromatic hydroxyl groups is 1. The zero-order valence-electron chi connectivity index (χ0n) is 15.3. The molecule has 140 valence electrons. The van der Waals surface area contributed by atoms with Crippen LogP contribution in [0, 0.1) is 5.92 Å². The molecule has 3 rings (SSSR count). The highest BCUT2D eigenvalue weighted by molar-refractivity contribution is 5.82. The van der Waals surface area contributed by atoms with Gasteiger partial charge in [0.05, 0.1) is 12.5 Å². The van der Waals surface area contributed by atoms with E-state index in [4.69, 9.17) is 9.15 Å². The van der Waals surface area contributed by atoms with Gasteiger partial charge in [-0.05, 0) is 49.9 Å². The molecule has 0 bridgehead atoms. The largest absolute Gasteiger partial charge is 0.508 e. The van der Waals surface area contributed by atoms with Gasteiger partial charge in [-0.1, -0.05) is 6.92 Å². The number of fused-ring (bicyclic) bond motifs is 1. The number of benzene rings is 1. The molecule has 0 radical (unpaired) electrons. The molecule has 2 heterocycles. The summed E-state index contributed by atoms with van der Waals surface area (Å²) in [5.74, 6) is -0.126. The summed E-state index contributed by atoms with van der Waals surface area (Å²) in [5.41, 5.74) is 1.63. The Morgan fingerprint density at radius 2 is 2.12 bits per heavy atom. The summed E-state index contributed by atoms with van der Waals surface area (Å²) in [6.45, 7) is 6.23. The molecule has 1 unspecified atom stereocenters. The molecule has 1 aliphatic heterocycles. The van der Waals surface area contributed by atoms with Gasteiger partial charge in [-0.25, -0.2) is 4.79 Å². The maximum atomic E-state index is 12.0. The Morgan fingerprint density at radius 1 is 1.31 bits per heavy atom. The summed E-state index contributed by atoms with van der Waals surface area (Å²) in [7, 11) is 0. The average Bonchev–Trinajstić information content (AvgIpc) is 2.61. The molecule has 1 saturated heterocycles. The van der Waals surface area contributed by atoms with Crippen LogP contribution in [0.2, 0.25) is 0 Å². The van der Waals surface area contributed by atoms with Gasteiger partial charge in [-0.3, -0.25) is 9.69 Å². The van der Waals surface area contributed by atoms with Gasteiger partial charge in [0.25, 0.3) is 0 Å². The van der Waals surface area contributed by atoms with Crippen LogP contribution in [-0.2, 0) is 22.5 Å². The number of hydrogen-bond acceptors (Lipinski definition) is 6. The Hall–Kier alpha value is -2.34. The Balaban J connectivity index is 1.88. The van der Waals surface area contributed by atoms with Crippen LogP contribution in [0.5, 0.6) is 5.75 Å². The van der Waals surface area contributed by atoms with Crippen molar-refractivity contribution in [1.82, 2.24) is 4.90 Å². The second kappa shape index (κ2) is 7.91. The second-order valence-corrected chi connectivity index (χ2v) is 6.75. The molecular formula is C20H25NO5. The van der Waals surface area contributed by atoms with Crippen molar-refractivity contribution in [2.45, 2.75) is 39.7 Å². The van der Waals surface area contributed by atoms with Gasteiger partial charge >= 0.3 is 11.6 Å². The molecule has 1 aliphatic rings. The highest BCUT2D eigenvalue weighted by Gasteiger charge is 2.27. The SMILES string of the molecule is CCOC(=O)C1CCCN(Cc2cc(=O)oc3cc(O)c(CC)cc23)C1. The predicted octanol–water partition coefficient (Wildman–Crippen LogP) is 2.84. The van der Waals surface area contributed by atoms with Crippen molar-refractivity contribution in [3.63, 3.8) is 0 Å². The van der Waals surface area contributed by atoms with Crippen LogP contribution in [0.1, 0.15) is 37.8 Å². The van der Waals surface area contributed by atoms with Crippen LogP contribution in [0.25, 0.3) is 11.0 Å². The molecule has 1 atom stereocenters. The van der Waals surface area contributed by atoms with Crippen molar-refractivity contribution in [1.29, 1.82) is 0 Å². The second-order valence-electron chi connectivity index (χ2n) is 6.75. The van der Waals surface area contributed by atoms with E-state index >= 15 is 0 Å². The van der Waals surface area contributed by atoms with Crippen LogP contribution < -0.4 is 5.63 Å². The standard InChI is InChI=1S/C20H25NO5/c1-3-13-8-16-15(9-19(23)26-18(16)10-17(13)22)12-21-7-5-6-14(11-21)20(24)25-4-2/h8-10,14,22H,3-7,11-12H2,1-2H3. The number of rotatable bonds is 5. The van der Waals surface area contributed by atoms with Gasteiger partial charge in [0.1, 0.15) is 11.3 Å². The molecule has 0 spiro atoms. The Labute approximate surface area is 152 Å². The number of carbonyl (C=O) groups is 1. The number of esters is 1. The van der Waals surface area contributed by atoms with Crippen molar-refractivity contribution < 1.29 is 19.1 Å². The molecule has 26 heavy (non-hydrogen) atoms. The van der Waals surface area contributed by atoms with E-state index < -0.39 is 5.63 Å². The number of hydrogen-bond donors (Lipinski definition) is 1. The molecule has 6 heteroatoms. The van der Waals surface area contributed by atoms with Gasteiger partial charge in [0.2, 0.25) is 0 Å². The minimum atomic E-state index is -0.435. The number of nitrogens with zero attached hydrogens (tertiary/aromatic N) is 1. The van der Waals surface area contributed by atoms with E-state index in [9.17, 15) is 14.7 Å². The van der Waals surface area contributed by atoms with Crippen LogP contribution in [0.15, 0.2) is 27.4 Å². The smallest absolute Gasteiger partial charge is 0.336 e. The first kappa shape index (κ1) is 18.5. The normalized spacial score (nSPS) is 18.2. The first-order valence-corrected chi connectivity index (χ1v) is 9.19. The molecule has 6 nitrogen and oxygen atoms in total. The van der Waals surface area contributed by atoms with Crippen LogP contribution in [0.4, 0.5) is 0 Å². The summed E-state index contributed by atoms with van der Waals surface area (Å²) in [6.07, 6.45) is 2.44. The third-order valence-electron chi connectivity index (χ3n) is 4.93. The third kappa shape index (κ3) is 3.90. The number of phenolic OH excluding ortho intramolecular Hbond substituents is 1. The molecule has 1 aromatic heterocycles. The molecule has 2 aromatic rings. The summed E-state index contributed by atoms with van der Waals surface area (Å²) in [5, 5.41) is 10.9. The zero-order chi connectivity index (χ0) is 18.7. The van der Waals surface area contributed by atoms with Gasteiger partial charge in [-0.2, -0.15) is 0 Å². The molecule has 1 fully saturated rings. The quantitative estimate of drug-likeness (QED) is 0.653. The number of aryl methyl sites for hydroxylation is 1. The molecule has 0 saturated carbocycles. The summed E-state index contributed by atoms with van der Waals surface area (Å²) >= 11 is 0. The van der Waals surface area contributed by atoms with Gasteiger partial charge in [0, 0.05) is 30.6 Å². The predicted molar refractivity (Wildman–Crippen MR) is 98.2 cm³/mol. The fourth-order valence-electron chi connectivity index (χ4n) is 3.61. The monoisotopic (exact) mass is 359 g/mol. The van der Waals surface area contributed by atoms with Crippen LogP contribution >= 0.6 is 0 Å². The lowest BCUT2D eigenvalue weighted by Crippen LogP contribution is -2.39. The molecule has 1 N–H and O–H groups in total. The van der Waals surface area contributed by atoms with Gasteiger partial charge in [0.15, 0.2) is 0 Å². The number of piperidine rings is 1. The zero-order valence-corrected chi connectivity index (χ0v) is 15.3. The summed E-state index contributed by atoms with van der Waals surface area (Å²) in [4.78, 5) is 26.1. The third-order valence-corrected chi connectivity index (χ3v) is 4.93. The van der Waals surface area contributed by atoms with Crippen molar-refractivity contribution in [3.8, 4) is 5.75 Å². The number of likely N-dealkylation sites (tertiary alicyclic amines) is 1. The maximum Gasteiger partial charge on any atom is 0.336 e. The number of carbonyl (C=O) groups excluding carboxylic acids is 1. The first-order valence-electron chi connectivity index (χ1n) is 9.19. The van der Waals surface area contributed by atoms with E-state index in [2.05, 4.69) is 4.90 Å². The highest BCUT2D eigenvalue weighted by Crippen LogP contribution is 2.28. The Bertz CT molecular complexity index is 857. The summed E-state index contributed by atoms with van der Waals surface area (Å²) in [6, 6.07) is 4.90. The lowest BCUT2D eigenvalue weighted by atomic mass is 9.97. The number of phenols is 1. The molecule has 0 amide bonds. The molecule has 0 aliphatic carbocycles. The van der Waals surface area contributed by atoms with Gasteiger partial charge in [-0.15, -0.1) is 0 Å². The van der Waals surface area contributed by atoms with E-state index in [0.717, 1.165) is 35.9 Å². The summed E-state index contributed by atoms with van der Waals surface area (Å²) < 4.78 is 10.4. The van der Waals surface area contributed by atoms with Crippen molar-refractivity contribution in [2.75, 3.05) is 19.7 Å². The van der Waals surface area contributed by atoms with Gasteiger partial charge < -0.3 is 14.3 Å². The fraction of sp³-hybridized carbons (Fsp3) is 0.500. The first-order chi connectivity index (χ1) is 12.5.